The lowest BCUT2D eigenvalue weighted by Gasteiger charge is -2.18. The summed E-state index contributed by atoms with van der Waals surface area (Å²) in [5.41, 5.74) is 3.70. The number of rotatable bonds is 7. The number of aryl methyl sites for hydroxylation is 2. The Balaban J connectivity index is 1.50. The van der Waals surface area contributed by atoms with Crippen molar-refractivity contribution in [1.82, 2.24) is 25.3 Å². The Morgan fingerprint density at radius 1 is 1.28 bits per heavy atom. The lowest BCUT2D eigenvalue weighted by atomic mass is 10.1. The van der Waals surface area contributed by atoms with Gasteiger partial charge in [-0.05, 0) is 57.9 Å². The van der Waals surface area contributed by atoms with Crippen LogP contribution >= 0.6 is 0 Å². The molecular weight excluding hydrogens is 312 g/mol. The number of guanidine groups is 1. The summed E-state index contributed by atoms with van der Waals surface area (Å²) in [5, 5.41) is 11.5. The minimum atomic E-state index is 0.526. The van der Waals surface area contributed by atoms with Crippen molar-refractivity contribution in [3.05, 3.63) is 17.0 Å². The Bertz CT molecular complexity index is 601. The third kappa shape index (κ3) is 4.97. The first-order valence-electron chi connectivity index (χ1n) is 9.83. The second-order valence-electron chi connectivity index (χ2n) is 7.62. The number of hydrogen-bond donors (Lipinski definition) is 2. The van der Waals surface area contributed by atoms with Crippen LogP contribution in [0.25, 0.3) is 0 Å². The van der Waals surface area contributed by atoms with E-state index in [9.17, 15) is 0 Å². The average molecular weight is 347 g/mol. The number of nitrogens with one attached hydrogen (secondary N) is 2. The van der Waals surface area contributed by atoms with Gasteiger partial charge in [0.15, 0.2) is 5.96 Å². The molecule has 6 nitrogen and oxygen atoms in total. The molecule has 1 saturated heterocycles. The summed E-state index contributed by atoms with van der Waals surface area (Å²) in [6.07, 6.45) is 5.04. The zero-order chi connectivity index (χ0) is 17.8. The van der Waals surface area contributed by atoms with E-state index in [2.05, 4.69) is 41.4 Å². The van der Waals surface area contributed by atoms with Gasteiger partial charge >= 0.3 is 0 Å². The van der Waals surface area contributed by atoms with Crippen LogP contribution < -0.4 is 10.6 Å². The minimum absolute atomic E-state index is 0.526. The van der Waals surface area contributed by atoms with Crippen molar-refractivity contribution >= 4 is 5.96 Å². The molecule has 0 bridgehead atoms. The zero-order valence-electron chi connectivity index (χ0n) is 16.3. The first-order valence-corrected chi connectivity index (χ1v) is 9.83. The monoisotopic (exact) mass is 346 g/mol. The van der Waals surface area contributed by atoms with Crippen LogP contribution in [0.3, 0.4) is 0 Å². The van der Waals surface area contributed by atoms with Crippen LogP contribution in [0.5, 0.6) is 0 Å². The topological polar surface area (TPSA) is 57.5 Å². The number of hydrogen-bond acceptors (Lipinski definition) is 3. The van der Waals surface area contributed by atoms with Gasteiger partial charge in [-0.15, -0.1) is 0 Å². The fourth-order valence-electron chi connectivity index (χ4n) is 3.75. The largest absolute Gasteiger partial charge is 0.357 e. The van der Waals surface area contributed by atoms with E-state index in [1.165, 1.54) is 43.6 Å². The van der Waals surface area contributed by atoms with Crippen LogP contribution in [0.1, 0.15) is 43.1 Å². The maximum absolute atomic E-state index is 4.80. The number of nitrogens with zero attached hydrogens (tertiary/aromatic N) is 4. The van der Waals surface area contributed by atoms with Gasteiger partial charge in [0.05, 0.1) is 5.69 Å². The van der Waals surface area contributed by atoms with E-state index in [0.29, 0.717) is 6.04 Å². The molecule has 3 rings (SSSR count). The average Bonchev–Trinajstić information content (AvgIpc) is 3.22. The highest BCUT2D eigenvalue weighted by Crippen LogP contribution is 2.30. The Kier molecular flexibility index (Phi) is 5.99. The molecule has 25 heavy (non-hydrogen) atoms. The normalized spacial score (nSPS) is 21.8. The Hall–Kier alpha value is -1.56. The highest BCUT2D eigenvalue weighted by Gasteiger charge is 2.29. The van der Waals surface area contributed by atoms with Crippen LogP contribution in [-0.4, -0.2) is 59.4 Å². The van der Waals surface area contributed by atoms with Gasteiger partial charge in [0.25, 0.3) is 0 Å². The maximum Gasteiger partial charge on any atom is 0.191 e. The van der Waals surface area contributed by atoms with Crippen molar-refractivity contribution in [1.29, 1.82) is 0 Å². The zero-order valence-corrected chi connectivity index (χ0v) is 16.3. The molecule has 0 radical (unpaired) electrons. The van der Waals surface area contributed by atoms with Crippen LogP contribution in [0.2, 0.25) is 0 Å². The molecule has 1 saturated carbocycles. The fraction of sp³-hybridized carbons (Fsp3) is 0.789. The van der Waals surface area contributed by atoms with Gasteiger partial charge in [-0.1, -0.05) is 0 Å². The Morgan fingerprint density at radius 3 is 2.72 bits per heavy atom. The smallest absolute Gasteiger partial charge is 0.191 e. The summed E-state index contributed by atoms with van der Waals surface area (Å²) in [7, 11) is 2.01. The van der Waals surface area contributed by atoms with E-state index < -0.39 is 0 Å². The quantitative estimate of drug-likeness (QED) is 0.582. The summed E-state index contributed by atoms with van der Waals surface area (Å²) < 4.78 is 1.96. The van der Waals surface area contributed by atoms with Crippen molar-refractivity contribution in [2.45, 2.75) is 52.5 Å². The first-order chi connectivity index (χ1) is 12.1. The molecule has 1 aromatic heterocycles. The van der Waals surface area contributed by atoms with Gasteiger partial charge in [0.1, 0.15) is 0 Å². The molecule has 140 valence electrons. The van der Waals surface area contributed by atoms with Gasteiger partial charge in [0.2, 0.25) is 0 Å². The molecule has 0 amide bonds. The van der Waals surface area contributed by atoms with Crippen molar-refractivity contribution in [3.8, 4) is 0 Å². The predicted molar refractivity (Wildman–Crippen MR) is 103 cm³/mol. The molecule has 2 fully saturated rings. The molecule has 2 N–H and O–H groups in total. The molecule has 0 aromatic carbocycles. The second kappa shape index (κ2) is 8.21. The van der Waals surface area contributed by atoms with Crippen LogP contribution in [-0.2, 0) is 13.5 Å². The van der Waals surface area contributed by atoms with Gasteiger partial charge in [0, 0.05) is 51.5 Å². The van der Waals surface area contributed by atoms with Crippen molar-refractivity contribution < 1.29 is 0 Å². The van der Waals surface area contributed by atoms with E-state index in [0.717, 1.165) is 43.6 Å². The maximum atomic E-state index is 4.80. The lowest BCUT2D eigenvalue weighted by Crippen LogP contribution is -2.44. The molecular formula is C19H34N6. The molecule has 1 aliphatic heterocycles. The number of likely N-dealkylation sites (tertiary alicyclic amines) is 1. The summed E-state index contributed by atoms with van der Waals surface area (Å²) in [6.45, 7) is 11.7. The molecule has 1 aromatic rings. The van der Waals surface area contributed by atoms with Gasteiger partial charge in [-0.25, -0.2) is 0 Å². The van der Waals surface area contributed by atoms with Gasteiger partial charge in [-0.2, -0.15) is 5.10 Å². The minimum Gasteiger partial charge on any atom is -0.357 e. The number of aromatic nitrogens is 2. The molecule has 6 heteroatoms. The summed E-state index contributed by atoms with van der Waals surface area (Å²) in [4.78, 5) is 7.41. The first kappa shape index (κ1) is 18.2. The highest BCUT2D eigenvalue weighted by molar-refractivity contribution is 5.80. The third-order valence-electron chi connectivity index (χ3n) is 5.46. The highest BCUT2D eigenvalue weighted by atomic mass is 15.3. The van der Waals surface area contributed by atoms with Crippen molar-refractivity contribution in [2.24, 2.45) is 18.0 Å². The summed E-state index contributed by atoms with van der Waals surface area (Å²) >= 11 is 0. The van der Waals surface area contributed by atoms with E-state index in [1.54, 1.807) is 0 Å². The van der Waals surface area contributed by atoms with Gasteiger partial charge in [-0.3, -0.25) is 9.67 Å². The van der Waals surface area contributed by atoms with E-state index in [-0.39, 0.29) is 0 Å². The second-order valence-corrected chi connectivity index (χ2v) is 7.62. The van der Waals surface area contributed by atoms with E-state index >= 15 is 0 Å². The molecule has 1 atom stereocenters. The summed E-state index contributed by atoms with van der Waals surface area (Å²) in [6, 6.07) is 0.526. The third-order valence-corrected chi connectivity index (χ3v) is 5.46. The summed E-state index contributed by atoms with van der Waals surface area (Å²) in [5.74, 6) is 1.94. The van der Waals surface area contributed by atoms with E-state index in [1.807, 2.05) is 11.7 Å². The van der Waals surface area contributed by atoms with Crippen LogP contribution in [0.4, 0.5) is 0 Å². The fourth-order valence-corrected chi connectivity index (χ4v) is 3.75. The molecule has 0 spiro atoms. The van der Waals surface area contributed by atoms with E-state index in [4.69, 9.17) is 4.99 Å². The molecule has 1 unspecified atom stereocenters. The predicted octanol–water partition coefficient (Wildman–Crippen LogP) is 1.62. The molecule has 2 heterocycles. The Labute approximate surface area is 152 Å². The van der Waals surface area contributed by atoms with Crippen LogP contribution in [0, 0.1) is 19.8 Å². The lowest BCUT2D eigenvalue weighted by molar-refractivity contribution is 0.318. The standard InChI is InChI=1S/C19H34N6/c1-5-20-19(21-10-8-18-14(2)23-24(4)15(18)3)22-17-9-11-25(13-17)12-16-6-7-16/h16-17H,5-13H2,1-4H3,(H2,20,21,22). The number of aliphatic imine (C=N–C) groups is 1. The Morgan fingerprint density at radius 2 is 2.08 bits per heavy atom. The van der Waals surface area contributed by atoms with Crippen LogP contribution in [0.15, 0.2) is 4.99 Å². The molecule has 1 aliphatic carbocycles. The SMILES string of the molecule is CCNC(=NCCc1c(C)nn(C)c1C)NC1CCN(CC2CC2)C1. The molecule has 2 aliphatic rings. The van der Waals surface area contributed by atoms with Gasteiger partial charge < -0.3 is 15.5 Å². The van der Waals surface area contributed by atoms with Crippen molar-refractivity contribution in [3.63, 3.8) is 0 Å². The van der Waals surface area contributed by atoms with Crippen molar-refractivity contribution in [2.75, 3.05) is 32.7 Å².